The van der Waals surface area contributed by atoms with E-state index in [1.54, 1.807) is 11.1 Å². The van der Waals surface area contributed by atoms with Crippen molar-refractivity contribution in [1.29, 1.82) is 0 Å². The molecular weight excluding hydrogens is 206 g/mol. The van der Waals surface area contributed by atoms with Crippen LogP contribution in [0.2, 0.25) is 0 Å². The van der Waals surface area contributed by atoms with Crippen LogP contribution in [-0.4, -0.2) is 18.0 Å². The molecule has 0 radical (unpaired) electrons. The molecule has 0 heterocycles. The van der Waals surface area contributed by atoms with Gasteiger partial charge in [-0.1, -0.05) is 33.8 Å². The molecule has 1 rings (SSSR count). The Hall–Kier alpha value is -0.720. The lowest BCUT2D eigenvalue weighted by molar-refractivity contribution is 0.333. The van der Waals surface area contributed by atoms with Crippen molar-refractivity contribution in [3.05, 3.63) is 22.9 Å². The molecule has 0 aromatic rings. The lowest BCUT2D eigenvalue weighted by atomic mass is 9.83. The van der Waals surface area contributed by atoms with Crippen molar-refractivity contribution in [3.8, 4) is 0 Å². The molecule has 0 bridgehead atoms. The van der Waals surface area contributed by atoms with Crippen LogP contribution in [0.5, 0.6) is 0 Å². The van der Waals surface area contributed by atoms with E-state index in [4.69, 9.17) is 0 Å². The number of likely N-dealkylation sites (N-methyl/N-ethyl adjacent to an activating group) is 1. The maximum atomic E-state index is 2.46. The highest BCUT2D eigenvalue weighted by Gasteiger charge is 2.24. The van der Waals surface area contributed by atoms with Gasteiger partial charge in [-0.15, -0.1) is 0 Å². The Morgan fingerprint density at radius 3 is 2.00 bits per heavy atom. The maximum Gasteiger partial charge on any atom is 0.0392 e. The highest BCUT2D eigenvalue weighted by atomic mass is 15.1. The van der Waals surface area contributed by atoms with Gasteiger partial charge in [-0.3, -0.25) is 0 Å². The van der Waals surface area contributed by atoms with E-state index in [1.807, 2.05) is 0 Å². The van der Waals surface area contributed by atoms with Gasteiger partial charge in [0.15, 0.2) is 0 Å². The third-order valence-electron chi connectivity index (χ3n) is 3.80. The molecule has 0 unspecified atom stereocenters. The fourth-order valence-electron chi connectivity index (χ4n) is 2.54. The van der Waals surface area contributed by atoms with Crippen molar-refractivity contribution in [2.24, 2.45) is 11.8 Å². The normalized spacial score (nSPS) is 17.2. The highest BCUT2D eigenvalue weighted by molar-refractivity contribution is 5.39. The minimum atomic E-state index is 0.569. The van der Waals surface area contributed by atoms with E-state index in [0.29, 0.717) is 17.9 Å². The van der Waals surface area contributed by atoms with Gasteiger partial charge < -0.3 is 4.90 Å². The number of hydrogen-bond donors (Lipinski definition) is 0. The molecule has 1 aliphatic carbocycles. The minimum Gasteiger partial charge on any atom is -0.372 e. The highest BCUT2D eigenvalue weighted by Crippen LogP contribution is 2.35. The Morgan fingerprint density at radius 1 is 1.00 bits per heavy atom. The lowest BCUT2D eigenvalue weighted by Crippen LogP contribution is -2.30. The zero-order chi connectivity index (χ0) is 13.2. The van der Waals surface area contributed by atoms with Gasteiger partial charge in [0.25, 0.3) is 0 Å². The molecule has 0 atom stereocenters. The summed E-state index contributed by atoms with van der Waals surface area (Å²) < 4.78 is 0. The molecule has 0 saturated heterocycles. The van der Waals surface area contributed by atoms with E-state index in [-0.39, 0.29) is 0 Å². The van der Waals surface area contributed by atoms with Crippen molar-refractivity contribution < 1.29 is 0 Å². The van der Waals surface area contributed by atoms with E-state index in [2.05, 4.69) is 59.6 Å². The average molecular weight is 235 g/mol. The molecule has 98 valence electrons. The lowest BCUT2D eigenvalue weighted by Gasteiger charge is -2.36. The molecule has 0 saturated carbocycles. The van der Waals surface area contributed by atoms with Gasteiger partial charge in [-0.05, 0) is 49.7 Å². The van der Waals surface area contributed by atoms with E-state index in [9.17, 15) is 0 Å². The Balaban J connectivity index is 3.21. The summed E-state index contributed by atoms with van der Waals surface area (Å²) >= 11 is 0. The van der Waals surface area contributed by atoms with E-state index in [0.717, 1.165) is 0 Å². The van der Waals surface area contributed by atoms with Crippen LogP contribution in [0.25, 0.3) is 0 Å². The van der Waals surface area contributed by atoms with Crippen molar-refractivity contribution in [2.45, 2.75) is 60.4 Å². The summed E-state index contributed by atoms with van der Waals surface area (Å²) in [6.45, 7) is 13.8. The van der Waals surface area contributed by atoms with Gasteiger partial charge in [0.1, 0.15) is 0 Å². The van der Waals surface area contributed by atoms with Crippen LogP contribution in [0, 0.1) is 11.8 Å². The van der Waals surface area contributed by atoms with Gasteiger partial charge in [0.05, 0.1) is 0 Å². The first-order valence-electron chi connectivity index (χ1n) is 7.02. The van der Waals surface area contributed by atoms with Crippen molar-refractivity contribution in [3.63, 3.8) is 0 Å². The van der Waals surface area contributed by atoms with Gasteiger partial charge in [0, 0.05) is 18.8 Å². The van der Waals surface area contributed by atoms with Gasteiger partial charge in [-0.2, -0.15) is 0 Å². The van der Waals surface area contributed by atoms with Crippen LogP contribution in [0.4, 0.5) is 0 Å². The Kier molecular flexibility index (Phi) is 4.85. The molecule has 1 aliphatic rings. The third kappa shape index (κ3) is 3.14. The molecule has 1 heteroatoms. The predicted octanol–water partition coefficient (Wildman–Crippen LogP) is 4.61. The van der Waals surface area contributed by atoms with Crippen LogP contribution in [0.3, 0.4) is 0 Å². The maximum absolute atomic E-state index is 2.46. The van der Waals surface area contributed by atoms with E-state index < -0.39 is 0 Å². The van der Waals surface area contributed by atoms with Crippen LogP contribution < -0.4 is 0 Å². The number of rotatable bonds is 4. The quantitative estimate of drug-likeness (QED) is 0.687. The number of hydrogen-bond acceptors (Lipinski definition) is 1. The molecule has 1 nitrogen and oxygen atoms in total. The standard InChI is InChI=1S/C16H29N/c1-11(2)14-9-8-10-15(12(3)4)16(14)17(7)13(5)6/h9,11-13H,8,10H2,1-7H3. The van der Waals surface area contributed by atoms with Gasteiger partial charge in [-0.25, -0.2) is 0 Å². The first-order valence-corrected chi connectivity index (χ1v) is 7.02. The van der Waals surface area contributed by atoms with E-state index >= 15 is 0 Å². The fourth-order valence-corrected chi connectivity index (χ4v) is 2.54. The summed E-state index contributed by atoms with van der Waals surface area (Å²) in [4.78, 5) is 2.46. The molecule has 0 spiro atoms. The second-order valence-corrected chi connectivity index (χ2v) is 6.09. The Morgan fingerprint density at radius 2 is 1.59 bits per heavy atom. The van der Waals surface area contributed by atoms with Crippen molar-refractivity contribution in [2.75, 3.05) is 7.05 Å². The molecule has 0 aromatic heterocycles. The molecular formula is C16H29N. The first-order chi connectivity index (χ1) is 7.86. The van der Waals surface area contributed by atoms with Gasteiger partial charge in [0.2, 0.25) is 0 Å². The van der Waals surface area contributed by atoms with Crippen LogP contribution in [0.1, 0.15) is 54.4 Å². The summed E-state index contributed by atoms with van der Waals surface area (Å²) in [6.07, 6.45) is 4.90. The third-order valence-corrected chi connectivity index (χ3v) is 3.80. The monoisotopic (exact) mass is 235 g/mol. The van der Waals surface area contributed by atoms with Crippen LogP contribution in [-0.2, 0) is 0 Å². The second kappa shape index (κ2) is 5.75. The number of nitrogens with zero attached hydrogens (tertiary/aromatic N) is 1. The summed E-state index contributed by atoms with van der Waals surface area (Å²) in [5.74, 6) is 1.29. The molecule has 0 amide bonds. The van der Waals surface area contributed by atoms with Crippen LogP contribution in [0.15, 0.2) is 22.9 Å². The largest absolute Gasteiger partial charge is 0.372 e. The minimum absolute atomic E-state index is 0.569. The zero-order valence-corrected chi connectivity index (χ0v) is 12.7. The smallest absolute Gasteiger partial charge is 0.0392 e. The topological polar surface area (TPSA) is 3.24 Å². The molecule has 0 aromatic carbocycles. The van der Waals surface area contributed by atoms with Crippen molar-refractivity contribution >= 4 is 0 Å². The molecule has 17 heavy (non-hydrogen) atoms. The fraction of sp³-hybridized carbons (Fsp3) is 0.750. The average Bonchev–Trinajstić information content (AvgIpc) is 2.26. The predicted molar refractivity (Wildman–Crippen MR) is 76.9 cm³/mol. The zero-order valence-electron chi connectivity index (χ0n) is 12.7. The number of allylic oxidation sites excluding steroid dienone is 3. The summed E-state index contributed by atoms with van der Waals surface area (Å²) in [6, 6.07) is 0.569. The second-order valence-electron chi connectivity index (χ2n) is 6.09. The Labute approximate surface area is 108 Å². The van der Waals surface area contributed by atoms with Gasteiger partial charge >= 0.3 is 0 Å². The summed E-state index contributed by atoms with van der Waals surface area (Å²) in [5, 5.41) is 0. The molecule has 0 fully saturated rings. The Bertz CT molecular complexity index is 318. The SMILES string of the molecule is CC(C)C1=CCCC(C(C)C)=C1N(C)C(C)C. The van der Waals surface area contributed by atoms with Crippen LogP contribution >= 0.6 is 0 Å². The summed E-state index contributed by atoms with van der Waals surface area (Å²) in [5.41, 5.74) is 4.72. The summed E-state index contributed by atoms with van der Waals surface area (Å²) in [7, 11) is 2.24. The molecule has 0 aliphatic heterocycles. The van der Waals surface area contributed by atoms with E-state index in [1.165, 1.54) is 18.5 Å². The molecule has 0 N–H and O–H groups in total. The first kappa shape index (κ1) is 14.3. The van der Waals surface area contributed by atoms with Crippen molar-refractivity contribution in [1.82, 2.24) is 4.90 Å².